The normalized spacial score (nSPS) is 10.3. The van der Waals surface area contributed by atoms with E-state index in [1.54, 1.807) is 25.1 Å². The topological polar surface area (TPSA) is 60.4 Å². The van der Waals surface area contributed by atoms with E-state index in [-0.39, 0.29) is 42.3 Å². The van der Waals surface area contributed by atoms with Crippen LogP contribution in [0.15, 0.2) is 35.2 Å². The van der Waals surface area contributed by atoms with Crippen LogP contribution in [0.25, 0.3) is 0 Å². The van der Waals surface area contributed by atoms with Crippen LogP contribution in [0.2, 0.25) is 0 Å². The summed E-state index contributed by atoms with van der Waals surface area (Å²) in [6.45, 7) is 1.77. The summed E-state index contributed by atoms with van der Waals surface area (Å²) >= 11 is 0. The van der Waals surface area contributed by atoms with Crippen molar-refractivity contribution in [2.45, 2.75) is 24.7 Å². The summed E-state index contributed by atoms with van der Waals surface area (Å²) in [6.07, 6.45) is 0.662. The summed E-state index contributed by atoms with van der Waals surface area (Å²) in [7, 11) is -3.93. The van der Waals surface area contributed by atoms with Crippen molar-refractivity contribution < 1.29 is 48.4 Å². The Bertz CT molecular complexity index is 433. The number of hydrogen-bond acceptors (Lipinski definition) is 4. The maximum Gasteiger partial charge on any atom is 1.00 e. The molecule has 0 saturated heterocycles. The van der Waals surface area contributed by atoms with Crippen molar-refractivity contribution in [1.82, 2.24) is 0 Å². The summed E-state index contributed by atoms with van der Waals surface area (Å²) in [6, 6.07) is 7.59. The molecule has 1 aromatic carbocycles. The van der Waals surface area contributed by atoms with Crippen LogP contribution >= 0.6 is 0 Å². The molecule has 16 heavy (non-hydrogen) atoms. The Hall–Kier alpha value is -0.360. The fraction of sp³-hybridized carbons (Fsp3) is 0.300. The van der Waals surface area contributed by atoms with Crippen molar-refractivity contribution in [2.75, 3.05) is 0 Å². The van der Waals surface area contributed by atoms with E-state index in [9.17, 15) is 13.2 Å². The van der Waals surface area contributed by atoms with Crippen molar-refractivity contribution in [1.29, 1.82) is 0 Å². The van der Waals surface area contributed by atoms with E-state index in [4.69, 9.17) is 0 Å². The molecule has 1 aromatic rings. The third-order valence-corrected chi connectivity index (χ3v) is 2.94. The third-order valence-electron chi connectivity index (χ3n) is 1.69. The molecule has 0 amide bonds. The molecular weight excluding hydrogens is 239 g/mol. The van der Waals surface area contributed by atoms with Crippen LogP contribution < -0.4 is 29.6 Å². The fourth-order valence-corrected chi connectivity index (χ4v) is 1.92. The average Bonchev–Trinajstić information content (AvgIpc) is 2.18. The second-order valence-electron chi connectivity index (χ2n) is 2.97. The van der Waals surface area contributed by atoms with Gasteiger partial charge in [-0.15, -0.1) is 0 Å². The van der Waals surface area contributed by atoms with Crippen molar-refractivity contribution >= 4 is 16.1 Å². The average molecular weight is 252 g/mol. The molecule has 0 N–H and O–H groups in total. The van der Waals surface area contributed by atoms with Crippen molar-refractivity contribution in [3.8, 4) is 0 Å². The van der Waals surface area contributed by atoms with E-state index >= 15 is 0 Å². The van der Waals surface area contributed by atoms with Gasteiger partial charge in [-0.25, -0.2) is 0 Å². The summed E-state index contributed by atoms with van der Waals surface area (Å²) in [5.74, 6) is -0.721. The Balaban J connectivity index is 0. The largest absolute Gasteiger partial charge is 1.00 e. The number of benzene rings is 1. The minimum absolute atomic E-state index is 0. The Morgan fingerprint density at radius 3 is 2.38 bits per heavy atom. The molecule has 0 spiro atoms. The van der Waals surface area contributed by atoms with Crippen LogP contribution in [0.5, 0.6) is 0 Å². The summed E-state index contributed by atoms with van der Waals surface area (Å²) in [4.78, 5) is 11.0. The summed E-state index contributed by atoms with van der Waals surface area (Å²) in [5, 5.41) is 0. The van der Waals surface area contributed by atoms with Crippen LogP contribution in [-0.2, 0) is 19.1 Å². The molecule has 6 heteroatoms. The van der Waals surface area contributed by atoms with E-state index in [0.717, 1.165) is 0 Å². The van der Waals surface area contributed by atoms with Crippen molar-refractivity contribution in [2.24, 2.45) is 0 Å². The molecule has 0 fully saturated rings. The molecule has 0 aliphatic carbocycles. The molecule has 0 aliphatic heterocycles. The molecule has 0 aromatic heterocycles. The minimum atomic E-state index is -3.93. The molecule has 84 valence electrons. The second kappa shape index (κ2) is 7.06. The van der Waals surface area contributed by atoms with Gasteiger partial charge in [-0.1, -0.05) is 25.1 Å². The van der Waals surface area contributed by atoms with Gasteiger partial charge in [-0.2, -0.15) is 8.42 Å². The predicted molar refractivity (Wildman–Crippen MR) is 55.7 cm³/mol. The van der Waals surface area contributed by atoms with Gasteiger partial charge in [0.05, 0.1) is 0 Å². The van der Waals surface area contributed by atoms with Crippen LogP contribution in [-0.4, -0.2) is 14.4 Å². The van der Waals surface area contributed by atoms with E-state index in [0.29, 0.717) is 6.42 Å². The summed E-state index contributed by atoms with van der Waals surface area (Å²) < 4.78 is 27.3. The smallest absolute Gasteiger partial charge is 1.00 e. The number of hydrogen-bond donors (Lipinski definition) is 0. The summed E-state index contributed by atoms with van der Waals surface area (Å²) in [5.41, 5.74) is 0. The Morgan fingerprint density at radius 1 is 1.31 bits per heavy atom. The van der Waals surface area contributed by atoms with E-state index in [2.05, 4.69) is 4.18 Å². The second-order valence-corrected chi connectivity index (χ2v) is 4.52. The third kappa shape index (κ3) is 4.65. The van der Waals surface area contributed by atoms with Crippen LogP contribution in [0.1, 0.15) is 21.2 Å². The first-order chi connectivity index (χ1) is 7.06. The first kappa shape index (κ1) is 15.6. The molecule has 4 nitrogen and oxygen atoms in total. The molecule has 0 bridgehead atoms. The van der Waals surface area contributed by atoms with Crippen LogP contribution in [0.3, 0.4) is 0 Å². The molecule has 0 saturated carbocycles. The van der Waals surface area contributed by atoms with E-state index in [1.807, 2.05) is 0 Å². The SMILES string of the molecule is CCCC(=O)OS(=O)(=O)c1ccccc1.[H-].[Na+]. The number of carbonyl (C=O) groups is 1. The first-order valence-electron chi connectivity index (χ1n) is 4.58. The zero-order valence-electron chi connectivity index (χ0n) is 10.3. The van der Waals surface area contributed by atoms with E-state index in [1.165, 1.54) is 12.1 Å². The van der Waals surface area contributed by atoms with E-state index < -0.39 is 16.1 Å². The zero-order valence-corrected chi connectivity index (χ0v) is 12.2. The molecule has 0 unspecified atom stereocenters. The van der Waals surface area contributed by atoms with Gasteiger partial charge in [0.25, 0.3) is 0 Å². The van der Waals surface area contributed by atoms with Crippen LogP contribution in [0.4, 0.5) is 0 Å². The van der Waals surface area contributed by atoms with Crippen molar-refractivity contribution in [3.05, 3.63) is 30.3 Å². The Morgan fingerprint density at radius 2 is 1.88 bits per heavy atom. The number of carbonyl (C=O) groups excluding carboxylic acids is 1. The van der Waals surface area contributed by atoms with Crippen molar-refractivity contribution in [3.63, 3.8) is 0 Å². The minimum Gasteiger partial charge on any atom is -1.00 e. The monoisotopic (exact) mass is 252 g/mol. The first-order valence-corrected chi connectivity index (χ1v) is 5.99. The quantitative estimate of drug-likeness (QED) is 0.501. The van der Waals surface area contributed by atoms with Gasteiger partial charge in [0.1, 0.15) is 4.90 Å². The molecule has 0 radical (unpaired) electrons. The van der Waals surface area contributed by atoms with Gasteiger partial charge < -0.3 is 5.61 Å². The van der Waals surface area contributed by atoms with Gasteiger partial charge in [0.2, 0.25) is 0 Å². The zero-order chi connectivity index (χ0) is 11.3. The van der Waals surface area contributed by atoms with Crippen LogP contribution in [0, 0.1) is 0 Å². The van der Waals surface area contributed by atoms with Gasteiger partial charge >= 0.3 is 45.6 Å². The number of rotatable bonds is 4. The Labute approximate surface area is 119 Å². The standard InChI is InChI=1S/C10H12O4S.Na.H/c1-2-6-10(11)14-15(12,13)9-7-4-3-5-8-9;;/h3-5,7-8H,2,6H2,1H3;;/q;+1;-1. The van der Waals surface area contributed by atoms with Gasteiger partial charge in [0.15, 0.2) is 0 Å². The maximum atomic E-state index is 11.5. The molecule has 0 atom stereocenters. The predicted octanol–water partition coefficient (Wildman–Crippen LogP) is -1.16. The molecule has 0 heterocycles. The van der Waals surface area contributed by atoms with Gasteiger partial charge in [0, 0.05) is 6.42 Å². The van der Waals surface area contributed by atoms with Gasteiger partial charge in [-0.3, -0.25) is 4.79 Å². The Kier molecular flexibility index (Phi) is 6.90. The molecular formula is C10H13NaO4S. The maximum absolute atomic E-state index is 11.5. The molecule has 1 rings (SSSR count). The fourth-order valence-electron chi connectivity index (χ4n) is 1.00. The van der Waals surface area contributed by atoms with Gasteiger partial charge in [-0.05, 0) is 18.6 Å². The molecule has 0 aliphatic rings.